The zero-order valence-electron chi connectivity index (χ0n) is 8.50. The molecule has 3 heteroatoms. The van der Waals surface area contributed by atoms with Crippen LogP contribution in [-0.2, 0) is 0 Å². The summed E-state index contributed by atoms with van der Waals surface area (Å²) < 4.78 is 1.15. The Balaban J connectivity index is 2.51. The van der Waals surface area contributed by atoms with Gasteiger partial charge in [-0.3, -0.25) is 0 Å². The van der Waals surface area contributed by atoms with E-state index in [-0.39, 0.29) is 6.04 Å². The second kappa shape index (κ2) is 3.55. The largest absolute Gasteiger partial charge is 0.366 e. The summed E-state index contributed by atoms with van der Waals surface area (Å²) in [5.41, 5.74) is 8.61. The Kier molecular flexibility index (Phi) is 2.54. The van der Waals surface area contributed by atoms with Gasteiger partial charge in [-0.05, 0) is 41.4 Å². The van der Waals surface area contributed by atoms with Crippen molar-refractivity contribution in [2.45, 2.75) is 25.9 Å². The molecule has 1 heterocycles. The molecule has 1 aromatic carbocycles. The molecule has 0 radical (unpaired) electrons. The highest BCUT2D eigenvalue weighted by molar-refractivity contribution is 9.10. The van der Waals surface area contributed by atoms with Gasteiger partial charge in [0.2, 0.25) is 0 Å². The number of nitrogens with zero attached hydrogens (tertiary/aromatic N) is 1. The van der Waals surface area contributed by atoms with Crippen molar-refractivity contribution >= 4 is 21.6 Å². The third-order valence-corrected chi connectivity index (χ3v) is 3.36. The number of anilines is 1. The van der Waals surface area contributed by atoms with Crippen LogP contribution in [-0.4, -0.2) is 12.6 Å². The summed E-state index contributed by atoms with van der Waals surface area (Å²) in [6.45, 7) is 5.32. The van der Waals surface area contributed by atoms with E-state index in [0.717, 1.165) is 11.0 Å². The fourth-order valence-corrected chi connectivity index (χ4v) is 2.61. The van der Waals surface area contributed by atoms with E-state index in [9.17, 15) is 0 Å². The third-order valence-electron chi connectivity index (χ3n) is 2.72. The Morgan fingerprint density at radius 3 is 2.86 bits per heavy atom. The molecule has 0 fully saturated rings. The molecule has 1 atom stereocenters. The maximum Gasteiger partial charge on any atom is 0.0562 e. The first kappa shape index (κ1) is 9.99. The molecule has 0 bridgehead atoms. The van der Waals surface area contributed by atoms with Crippen LogP contribution < -0.4 is 10.6 Å². The van der Waals surface area contributed by atoms with E-state index in [4.69, 9.17) is 5.73 Å². The van der Waals surface area contributed by atoms with Crippen LogP contribution in [0, 0.1) is 0 Å². The van der Waals surface area contributed by atoms with Crippen LogP contribution in [0.3, 0.4) is 0 Å². The number of rotatable bonds is 1. The van der Waals surface area contributed by atoms with Gasteiger partial charge in [-0.25, -0.2) is 0 Å². The summed E-state index contributed by atoms with van der Waals surface area (Å²) in [7, 11) is 0. The summed E-state index contributed by atoms with van der Waals surface area (Å²) >= 11 is 3.59. The molecule has 0 aliphatic carbocycles. The van der Waals surface area contributed by atoms with Crippen molar-refractivity contribution in [3.8, 4) is 0 Å². The lowest BCUT2D eigenvalue weighted by atomic mass is 10.1. The first-order valence-corrected chi connectivity index (χ1v) is 5.71. The number of halogens is 1. The number of para-hydroxylation sites is 1. The molecular weight excluding hydrogens is 240 g/mol. The Morgan fingerprint density at radius 1 is 1.50 bits per heavy atom. The predicted octanol–water partition coefficient (Wildman–Crippen LogP) is 2.68. The van der Waals surface area contributed by atoms with E-state index in [1.54, 1.807) is 0 Å². The molecule has 1 unspecified atom stereocenters. The Labute approximate surface area is 93.2 Å². The average molecular weight is 255 g/mol. The van der Waals surface area contributed by atoms with Gasteiger partial charge in [0, 0.05) is 23.1 Å². The molecule has 1 aliphatic heterocycles. The molecule has 2 nitrogen and oxygen atoms in total. The summed E-state index contributed by atoms with van der Waals surface area (Å²) in [5.74, 6) is 0. The molecular formula is C11H15BrN2. The van der Waals surface area contributed by atoms with Crippen LogP contribution in [0.4, 0.5) is 5.69 Å². The molecule has 0 saturated carbocycles. The van der Waals surface area contributed by atoms with Crippen molar-refractivity contribution < 1.29 is 0 Å². The molecule has 2 rings (SSSR count). The number of hydrogen-bond donors (Lipinski definition) is 1. The fourth-order valence-electron chi connectivity index (χ4n) is 2.00. The van der Waals surface area contributed by atoms with Gasteiger partial charge in [0.15, 0.2) is 0 Å². The van der Waals surface area contributed by atoms with Gasteiger partial charge in [0.05, 0.1) is 5.69 Å². The van der Waals surface area contributed by atoms with Crippen LogP contribution in [0.15, 0.2) is 22.7 Å². The van der Waals surface area contributed by atoms with Crippen molar-refractivity contribution in [1.29, 1.82) is 0 Å². The van der Waals surface area contributed by atoms with Crippen molar-refractivity contribution in [3.05, 3.63) is 28.2 Å². The quantitative estimate of drug-likeness (QED) is 0.835. The molecule has 14 heavy (non-hydrogen) atoms. The van der Waals surface area contributed by atoms with Crippen molar-refractivity contribution in [2.24, 2.45) is 5.73 Å². The lowest BCUT2D eigenvalue weighted by molar-refractivity contribution is 0.656. The zero-order valence-corrected chi connectivity index (χ0v) is 10.1. The molecule has 0 spiro atoms. The highest BCUT2D eigenvalue weighted by atomic mass is 79.9. The smallest absolute Gasteiger partial charge is 0.0562 e. The van der Waals surface area contributed by atoms with Crippen LogP contribution in [0.2, 0.25) is 0 Å². The standard InChI is InChI=1S/C11H15BrN2/c1-7(2)14-6-10(13)8-4-3-5-9(12)11(8)14/h3-5,7,10H,6,13H2,1-2H3. The Bertz CT molecular complexity index is 349. The van der Waals surface area contributed by atoms with Gasteiger partial charge in [0.1, 0.15) is 0 Å². The molecule has 76 valence electrons. The van der Waals surface area contributed by atoms with Gasteiger partial charge in [0.25, 0.3) is 0 Å². The first-order chi connectivity index (χ1) is 6.61. The van der Waals surface area contributed by atoms with E-state index >= 15 is 0 Å². The van der Waals surface area contributed by atoms with Crippen LogP contribution >= 0.6 is 15.9 Å². The molecule has 1 aromatic rings. The van der Waals surface area contributed by atoms with E-state index in [1.165, 1.54) is 11.3 Å². The Morgan fingerprint density at radius 2 is 2.21 bits per heavy atom. The zero-order chi connectivity index (χ0) is 10.3. The van der Waals surface area contributed by atoms with Crippen LogP contribution in [0.5, 0.6) is 0 Å². The molecule has 2 N–H and O–H groups in total. The normalized spacial score (nSPS) is 20.4. The molecule has 0 aromatic heterocycles. The first-order valence-electron chi connectivity index (χ1n) is 4.92. The number of nitrogens with two attached hydrogens (primary N) is 1. The van der Waals surface area contributed by atoms with Gasteiger partial charge in [-0.1, -0.05) is 12.1 Å². The van der Waals surface area contributed by atoms with E-state index in [0.29, 0.717) is 6.04 Å². The second-order valence-electron chi connectivity index (χ2n) is 4.03. The topological polar surface area (TPSA) is 29.3 Å². The van der Waals surface area contributed by atoms with E-state index in [2.05, 4.69) is 46.8 Å². The van der Waals surface area contributed by atoms with Gasteiger partial charge >= 0.3 is 0 Å². The average Bonchev–Trinajstić information content (AvgIpc) is 2.46. The van der Waals surface area contributed by atoms with Gasteiger partial charge in [-0.2, -0.15) is 0 Å². The lowest BCUT2D eigenvalue weighted by Crippen LogP contribution is -2.31. The number of benzene rings is 1. The minimum absolute atomic E-state index is 0.157. The minimum Gasteiger partial charge on any atom is -0.366 e. The maximum atomic E-state index is 6.08. The predicted molar refractivity (Wildman–Crippen MR) is 63.6 cm³/mol. The van der Waals surface area contributed by atoms with E-state index in [1.807, 2.05) is 6.07 Å². The lowest BCUT2D eigenvalue weighted by Gasteiger charge is -2.25. The highest BCUT2D eigenvalue weighted by Crippen LogP contribution is 2.40. The third kappa shape index (κ3) is 1.44. The van der Waals surface area contributed by atoms with Gasteiger partial charge in [-0.15, -0.1) is 0 Å². The Hall–Kier alpha value is -0.540. The SMILES string of the molecule is CC(C)N1CC(N)c2cccc(Br)c21. The number of fused-ring (bicyclic) bond motifs is 1. The molecule has 1 aliphatic rings. The minimum atomic E-state index is 0.157. The molecule has 0 saturated heterocycles. The number of hydrogen-bond acceptors (Lipinski definition) is 2. The second-order valence-corrected chi connectivity index (χ2v) is 4.88. The van der Waals surface area contributed by atoms with Crippen molar-refractivity contribution in [1.82, 2.24) is 0 Å². The molecule has 0 amide bonds. The van der Waals surface area contributed by atoms with Crippen LogP contribution in [0.25, 0.3) is 0 Å². The summed E-state index contributed by atoms with van der Waals surface area (Å²) in [5, 5.41) is 0. The van der Waals surface area contributed by atoms with Gasteiger partial charge < -0.3 is 10.6 Å². The highest BCUT2D eigenvalue weighted by Gasteiger charge is 2.28. The summed E-state index contributed by atoms with van der Waals surface area (Å²) in [6.07, 6.45) is 0. The summed E-state index contributed by atoms with van der Waals surface area (Å²) in [4.78, 5) is 2.35. The maximum absolute atomic E-state index is 6.08. The van der Waals surface area contributed by atoms with Crippen molar-refractivity contribution in [2.75, 3.05) is 11.4 Å². The fraction of sp³-hybridized carbons (Fsp3) is 0.455. The monoisotopic (exact) mass is 254 g/mol. The van der Waals surface area contributed by atoms with E-state index < -0.39 is 0 Å². The summed E-state index contributed by atoms with van der Waals surface area (Å²) in [6, 6.07) is 6.90. The van der Waals surface area contributed by atoms with Crippen molar-refractivity contribution in [3.63, 3.8) is 0 Å². The van der Waals surface area contributed by atoms with Crippen LogP contribution in [0.1, 0.15) is 25.5 Å².